The quantitative estimate of drug-likeness (QED) is 0.884. The van der Waals surface area contributed by atoms with Gasteiger partial charge in [0.05, 0.1) is 0 Å². The Labute approximate surface area is 133 Å². The van der Waals surface area contributed by atoms with Gasteiger partial charge < -0.3 is 14.2 Å². The van der Waals surface area contributed by atoms with E-state index in [4.69, 9.17) is 14.2 Å². The Morgan fingerprint density at radius 2 is 2.22 bits per heavy atom. The van der Waals surface area contributed by atoms with E-state index in [1.807, 2.05) is 18.2 Å². The number of benzene rings is 1. The van der Waals surface area contributed by atoms with Crippen molar-refractivity contribution >= 4 is 5.57 Å². The van der Waals surface area contributed by atoms with Gasteiger partial charge in [0.15, 0.2) is 11.5 Å². The van der Waals surface area contributed by atoms with E-state index in [9.17, 15) is 0 Å². The highest BCUT2D eigenvalue weighted by Gasteiger charge is 2.17. The maximum atomic E-state index is 5.81. The molecule has 0 atom stereocenters. The smallest absolute Gasteiger partial charge is 0.231 e. The third kappa shape index (κ3) is 3.11. The monoisotopic (exact) mass is 315 g/mol. The molecule has 0 spiro atoms. The molecule has 1 aromatic heterocycles. The molecular weight excluding hydrogens is 298 g/mol. The summed E-state index contributed by atoms with van der Waals surface area (Å²) in [5.74, 6) is 2.97. The van der Waals surface area contributed by atoms with Gasteiger partial charge in [-0.05, 0) is 23.8 Å². The molecule has 0 fully saturated rings. The molecule has 3 heterocycles. The largest absolute Gasteiger partial charge is 0.492 e. The Balaban J connectivity index is 1.29. The van der Waals surface area contributed by atoms with Gasteiger partial charge in [0.25, 0.3) is 0 Å². The van der Waals surface area contributed by atoms with Crippen molar-refractivity contribution in [2.45, 2.75) is 6.42 Å². The lowest BCUT2D eigenvalue weighted by Crippen LogP contribution is -2.33. The molecule has 0 aliphatic carbocycles. The molecule has 4 rings (SSSR count). The number of fused-ring (bicyclic) bond motifs is 1. The van der Waals surface area contributed by atoms with Gasteiger partial charge in [0.2, 0.25) is 12.6 Å². The molecular formula is C15H17N5O3. The van der Waals surface area contributed by atoms with E-state index in [1.54, 1.807) is 0 Å². The Hall–Kier alpha value is -2.61. The summed E-state index contributed by atoms with van der Waals surface area (Å²) in [4.78, 5) is 2.32. The molecule has 1 N–H and O–H groups in total. The first-order valence-corrected chi connectivity index (χ1v) is 7.56. The first kappa shape index (κ1) is 14.0. The summed E-state index contributed by atoms with van der Waals surface area (Å²) in [6.07, 6.45) is 3.15. The first-order valence-electron chi connectivity index (χ1n) is 7.56. The number of nitrogens with one attached hydrogen (secondary N) is 1. The Morgan fingerprint density at radius 1 is 1.26 bits per heavy atom. The SMILES string of the molecule is C1=C(c2nn[nH]n2)CN(CCOc2ccc3c(c2)OCO3)CC1. The average molecular weight is 315 g/mol. The number of ether oxygens (including phenoxy) is 3. The van der Waals surface area contributed by atoms with Gasteiger partial charge in [-0.1, -0.05) is 6.08 Å². The second-order valence-corrected chi connectivity index (χ2v) is 5.39. The topological polar surface area (TPSA) is 85.4 Å². The molecule has 2 aliphatic heterocycles. The summed E-state index contributed by atoms with van der Waals surface area (Å²) in [6.45, 7) is 3.54. The van der Waals surface area contributed by atoms with Crippen molar-refractivity contribution in [1.82, 2.24) is 25.5 Å². The van der Waals surface area contributed by atoms with E-state index >= 15 is 0 Å². The van der Waals surface area contributed by atoms with Crippen LogP contribution in [0.2, 0.25) is 0 Å². The summed E-state index contributed by atoms with van der Waals surface area (Å²) in [7, 11) is 0. The zero-order valence-corrected chi connectivity index (χ0v) is 12.6. The normalized spacial score (nSPS) is 17.1. The van der Waals surface area contributed by atoms with Crippen molar-refractivity contribution in [3.63, 3.8) is 0 Å². The number of aromatic nitrogens is 4. The Bertz CT molecular complexity index is 701. The van der Waals surface area contributed by atoms with Crippen LogP contribution in [-0.4, -0.2) is 58.6 Å². The van der Waals surface area contributed by atoms with Gasteiger partial charge in [-0.15, -0.1) is 10.2 Å². The Kier molecular flexibility index (Phi) is 3.81. The van der Waals surface area contributed by atoms with Crippen molar-refractivity contribution in [1.29, 1.82) is 0 Å². The molecule has 2 aliphatic rings. The molecule has 0 amide bonds. The van der Waals surface area contributed by atoms with Crippen molar-refractivity contribution in [2.75, 3.05) is 33.0 Å². The van der Waals surface area contributed by atoms with Crippen LogP contribution in [-0.2, 0) is 0 Å². The summed E-state index contributed by atoms with van der Waals surface area (Å²) in [5.41, 5.74) is 1.10. The molecule has 0 bridgehead atoms. The molecule has 8 nitrogen and oxygen atoms in total. The fourth-order valence-corrected chi connectivity index (χ4v) is 2.72. The standard InChI is InChI=1S/C15H17N5O3/c1-2-11(15-16-18-19-17-15)9-20(5-1)6-7-21-12-3-4-13-14(8-12)23-10-22-13/h2-4,8H,1,5-7,9-10H2,(H,16,17,18,19). The van der Waals surface area contributed by atoms with E-state index in [0.29, 0.717) is 12.4 Å². The molecule has 0 radical (unpaired) electrons. The predicted molar refractivity (Wildman–Crippen MR) is 81.3 cm³/mol. The maximum absolute atomic E-state index is 5.81. The highest BCUT2D eigenvalue weighted by Crippen LogP contribution is 2.35. The highest BCUT2D eigenvalue weighted by atomic mass is 16.7. The molecule has 0 unspecified atom stereocenters. The summed E-state index contributed by atoms with van der Waals surface area (Å²) >= 11 is 0. The van der Waals surface area contributed by atoms with E-state index in [2.05, 4.69) is 31.6 Å². The van der Waals surface area contributed by atoms with E-state index in [-0.39, 0.29) is 6.79 Å². The van der Waals surface area contributed by atoms with Gasteiger partial charge in [-0.25, -0.2) is 0 Å². The average Bonchev–Trinajstić information content (AvgIpc) is 3.26. The Morgan fingerprint density at radius 3 is 3.13 bits per heavy atom. The maximum Gasteiger partial charge on any atom is 0.231 e. The number of H-pyrrole nitrogens is 1. The number of aromatic amines is 1. The fourth-order valence-electron chi connectivity index (χ4n) is 2.72. The molecule has 0 saturated carbocycles. The van der Waals surface area contributed by atoms with Gasteiger partial charge in [0.1, 0.15) is 12.4 Å². The van der Waals surface area contributed by atoms with Gasteiger partial charge >= 0.3 is 0 Å². The van der Waals surface area contributed by atoms with Crippen molar-refractivity contribution in [3.05, 3.63) is 30.1 Å². The number of rotatable bonds is 5. The fraction of sp³-hybridized carbons (Fsp3) is 0.400. The number of tetrazole rings is 1. The van der Waals surface area contributed by atoms with Crippen LogP contribution in [0.3, 0.4) is 0 Å². The van der Waals surface area contributed by atoms with Crippen LogP contribution in [0.5, 0.6) is 17.2 Å². The van der Waals surface area contributed by atoms with E-state index in [1.165, 1.54) is 0 Å². The molecule has 8 heteroatoms. The lowest BCUT2D eigenvalue weighted by Gasteiger charge is -2.25. The summed E-state index contributed by atoms with van der Waals surface area (Å²) < 4.78 is 16.4. The molecule has 1 aromatic carbocycles. The van der Waals surface area contributed by atoms with Crippen molar-refractivity contribution < 1.29 is 14.2 Å². The van der Waals surface area contributed by atoms with Gasteiger partial charge in [-0.3, -0.25) is 4.90 Å². The van der Waals surface area contributed by atoms with Gasteiger partial charge in [0, 0.05) is 31.3 Å². The third-order valence-electron chi connectivity index (χ3n) is 3.88. The minimum atomic E-state index is 0.276. The van der Waals surface area contributed by atoms with Crippen molar-refractivity contribution in [3.8, 4) is 17.2 Å². The first-order chi connectivity index (χ1) is 11.4. The van der Waals surface area contributed by atoms with Crippen LogP contribution in [0.1, 0.15) is 12.2 Å². The zero-order valence-electron chi connectivity index (χ0n) is 12.6. The number of hydrogen-bond acceptors (Lipinski definition) is 7. The van der Waals surface area contributed by atoms with E-state index in [0.717, 1.165) is 48.9 Å². The molecule has 120 valence electrons. The minimum absolute atomic E-state index is 0.276. The second kappa shape index (κ2) is 6.25. The number of hydrogen-bond donors (Lipinski definition) is 1. The van der Waals surface area contributed by atoms with Crippen molar-refractivity contribution in [2.24, 2.45) is 0 Å². The third-order valence-corrected chi connectivity index (χ3v) is 3.88. The van der Waals surface area contributed by atoms with Crippen LogP contribution in [0, 0.1) is 0 Å². The molecule has 0 saturated heterocycles. The van der Waals surface area contributed by atoms with Crippen LogP contribution < -0.4 is 14.2 Å². The van der Waals surface area contributed by atoms with E-state index < -0.39 is 0 Å². The van der Waals surface area contributed by atoms with Gasteiger partial charge in [-0.2, -0.15) is 5.21 Å². The number of nitrogens with zero attached hydrogens (tertiary/aromatic N) is 4. The van der Waals surface area contributed by atoms with Crippen LogP contribution >= 0.6 is 0 Å². The van der Waals surface area contributed by atoms with Crippen LogP contribution in [0.25, 0.3) is 5.57 Å². The van der Waals surface area contributed by atoms with Crippen LogP contribution in [0.4, 0.5) is 0 Å². The highest BCUT2D eigenvalue weighted by molar-refractivity contribution is 5.61. The summed E-state index contributed by atoms with van der Waals surface area (Å²) in [5, 5.41) is 14.2. The lowest BCUT2D eigenvalue weighted by molar-refractivity contribution is 0.173. The zero-order chi connectivity index (χ0) is 15.5. The second-order valence-electron chi connectivity index (χ2n) is 5.39. The van der Waals surface area contributed by atoms with Crippen LogP contribution in [0.15, 0.2) is 24.3 Å². The predicted octanol–water partition coefficient (Wildman–Crippen LogP) is 1.10. The summed E-state index contributed by atoms with van der Waals surface area (Å²) in [6, 6.07) is 5.63. The molecule has 23 heavy (non-hydrogen) atoms. The lowest BCUT2D eigenvalue weighted by atomic mass is 10.1. The molecule has 2 aromatic rings. The minimum Gasteiger partial charge on any atom is -0.492 e.